The predicted molar refractivity (Wildman–Crippen MR) is 62.0 cm³/mol. The standard InChI is InChI=1S/C11H18N2OS/c1-2-5-12-6-9-11(8-3-4-8)13-10(7-14)15-9/h8,12,14H,2-7H2,1H3. The van der Waals surface area contributed by atoms with E-state index in [1.165, 1.54) is 23.4 Å². The van der Waals surface area contributed by atoms with Crippen molar-refractivity contribution in [1.82, 2.24) is 10.3 Å². The first-order chi connectivity index (χ1) is 7.35. The van der Waals surface area contributed by atoms with Gasteiger partial charge in [-0.15, -0.1) is 11.3 Å². The number of aromatic nitrogens is 1. The number of aliphatic hydroxyl groups excluding tert-OH is 1. The fraction of sp³-hybridized carbons (Fsp3) is 0.727. The molecule has 0 radical (unpaired) electrons. The van der Waals surface area contributed by atoms with Gasteiger partial charge in [-0.3, -0.25) is 0 Å². The molecule has 0 spiro atoms. The Morgan fingerprint density at radius 1 is 1.53 bits per heavy atom. The van der Waals surface area contributed by atoms with Crippen LogP contribution < -0.4 is 5.32 Å². The minimum atomic E-state index is 0.0815. The van der Waals surface area contributed by atoms with Crippen LogP contribution in [0.4, 0.5) is 0 Å². The number of hydrogen-bond acceptors (Lipinski definition) is 4. The number of nitrogens with zero attached hydrogens (tertiary/aromatic N) is 1. The summed E-state index contributed by atoms with van der Waals surface area (Å²) in [5, 5.41) is 13.3. The number of nitrogens with one attached hydrogen (secondary N) is 1. The molecule has 0 unspecified atom stereocenters. The Morgan fingerprint density at radius 2 is 2.33 bits per heavy atom. The molecule has 0 bridgehead atoms. The van der Waals surface area contributed by atoms with Crippen molar-refractivity contribution in [3.05, 3.63) is 15.6 Å². The molecule has 1 aromatic heterocycles. The summed E-state index contributed by atoms with van der Waals surface area (Å²) in [6.45, 7) is 4.21. The van der Waals surface area contributed by atoms with Gasteiger partial charge in [0.25, 0.3) is 0 Å². The Morgan fingerprint density at radius 3 is 2.93 bits per heavy atom. The third-order valence-electron chi connectivity index (χ3n) is 2.58. The van der Waals surface area contributed by atoms with Gasteiger partial charge in [0.2, 0.25) is 0 Å². The predicted octanol–water partition coefficient (Wildman–Crippen LogP) is 2.01. The molecule has 3 nitrogen and oxygen atoms in total. The van der Waals surface area contributed by atoms with Crippen LogP contribution >= 0.6 is 11.3 Å². The average molecular weight is 226 g/mol. The molecule has 0 aliphatic heterocycles. The highest BCUT2D eigenvalue weighted by atomic mass is 32.1. The number of rotatable bonds is 6. The van der Waals surface area contributed by atoms with Crippen molar-refractivity contribution in [2.75, 3.05) is 6.54 Å². The summed E-state index contributed by atoms with van der Waals surface area (Å²) in [4.78, 5) is 5.83. The second-order valence-corrected chi connectivity index (χ2v) is 5.19. The Balaban J connectivity index is 2.02. The Kier molecular flexibility index (Phi) is 3.72. The third-order valence-corrected chi connectivity index (χ3v) is 3.64. The van der Waals surface area contributed by atoms with Gasteiger partial charge >= 0.3 is 0 Å². The first-order valence-electron chi connectivity index (χ1n) is 5.65. The van der Waals surface area contributed by atoms with Crippen molar-refractivity contribution >= 4 is 11.3 Å². The van der Waals surface area contributed by atoms with Crippen LogP contribution in [-0.4, -0.2) is 16.6 Å². The lowest BCUT2D eigenvalue weighted by atomic mass is 10.2. The van der Waals surface area contributed by atoms with Gasteiger partial charge in [-0.1, -0.05) is 6.92 Å². The van der Waals surface area contributed by atoms with Crippen molar-refractivity contribution in [3.8, 4) is 0 Å². The summed E-state index contributed by atoms with van der Waals surface area (Å²) >= 11 is 1.65. The van der Waals surface area contributed by atoms with Crippen LogP contribution in [0.15, 0.2) is 0 Å². The lowest BCUT2D eigenvalue weighted by Crippen LogP contribution is -2.13. The summed E-state index contributed by atoms with van der Waals surface area (Å²) in [5.41, 5.74) is 1.24. The van der Waals surface area contributed by atoms with Crippen LogP contribution in [0.3, 0.4) is 0 Å². The molecule has 1 aromatic rings. The molecule has 84 valence electrons. The zero-order chi connectivity index (χ0) is 10.7. The lowest BCUT2D eigenvalue weighted by Gasteiger charge is -2.01. The van der Waals surface area contributed by atoms with Crippen LogP contribution in [0.1, 0.15) is 47.7 Å². The lowest BCUT2D eigenvalue weighted by molar-refractivity contribution is 0.281. The van der Waals surface area contributed by atoms with Gasteiger partial charge in [0.1, 0.15) is 5.01 Å². The van der Waals surface area contributed by atoms with Gasteiger partial charge in [-0.05, 0) is 25.8 Å². The molecule has 15 heavy (non-hydrogen) atoms. The summed E-state index contributed by atoms with van der Waals surface area (Å²) in [6, 6.07) is 0. The third kappa shape index (κ3) is 2.77. The molecule has 1 saturated carbocycles. The maximum atomic E-state index is 9.08. The van der Waals surface area contributed by atoms with Crippen LogP contribution in [-0.2, 0) is 13.2 Å². The van der Waals surface area contributed by atoms with E-state index in [-0.39, 0.29) is 6.61 Å². The second-order valence-electron chi connectivity index (χ2n) is 4.03. The quantitative estimate of drug-likeness (QED) is 0.729. The van der Waals surface area contributed by atoms with E-state index in [1.807, 2.05) is 0 Å². The van der Waals surface area contributed by atoms with Crippen molar-refractivity contribution in [1.29, 1.82) is 0 Å². The van der Waals surface area contributed by atoms with Crippen molar-refractivity contribution in [3.63, 3.8) is 0 Å². The normalized spacial score (nSPS) is 15.9. The van der Waals surface area contributed by atoms with Crippen LogP contribution in [0, 0.1) is 0 Å². The van der Waals surface area contributed by atoms with Crippen molar-refractivity contribution < 1.29 is 5.11 Å². The zero-order valence-corrected chi connectivity index (χ0v) is 9.94. The molecule has 1 heterocycles. The Hall–Kier alpha value is -0.450. The molecule has 0 aromatic carbocycles. The molecule has 1 aliphatic carbocycles. The summed E-state index contributed by atoms with van der Waals surface area (Å²) in [6.07, 6.45) is 3.70. The van der Waals surface area contributed by atoms with E-state index in [1.54, 1.807) is 11.3 Å². The van der Waals surface area contributed by atoms with E-state index in [9.17, 15) is 0 Å². The molecule has 0 amide bonds. The van der Waals surface area contributed by atoms with Gasteiger partial charge in [-0.25, -0.2) is 4.98 Å². The van der Waals surface area contributed by atoms with Crippen molar-refractivity contribution in [2.24, 2.45) is 0 Å². The highest BCUT2D eigenvalue weighted by Gasteiger charge is 2.29. The van der Waals surface area contributed by atoms with Gasteiger partial charge < -0.3 is 10.4 Å². The SMILES string of the molecule is CCCNCc1sc(CO)nc1C1CC1. The number of thiazole rings is 1. The maximum absolute atomic E-state index is 9.08. The smallest absolute Gasteiger partial charge is 0.119 e. The molecule has 2 rings (SSSR count). The van der Waals surface area contributed by atoms with Crippen LogP contribution in [0.2, 0.25) is 0 Å². The summed E-state index contributed by atoms with van der Waals surface area (Å²) < 4.78 is 0. The minimum Gasteiger partial charge on any atom is -0.389 e. The molecular weight excluding hydrogens is 208 g/mol. The Labute approximate surface area is 94.5 Å². The monoisotopic (exact) mass is 226 g/mol. The summed E-state index contributed by atoms with van der Waals surface area (Å²) in [7, 11) is 0. The van der Waals surface area contributed by atoms with Gasteiger partial charge in [0.15, 0.2) is 0 Å². The summed E-state index contributed by atoms with van der Waals surface area (Å²) in [5.74, 6) is 0.681. The van der Waals surface area contributed by atoms with Crippen molar-refractivity contribution in [2.45, 2.75) is 45.3 Å². The molecule has 1 fully saturated rings. The molecule has 1 aliphatic rings. The largest absolute Gasteiger partial charge is 0.389 e. The van der Waals surface area contributed by atoms with Gasteiger partial charge in [0, 0.05) is 17.3 Å². The zero-order valence-electron chi connectivity index (χ0n) is 9.12. The van der Waals surface area contributed by atoms with Gasteiger partial charge in [0.05, 0.1) is 12.3 Å². The topological polar surface area (TPSA) is 45.1 Å². The molecule has 4 heteroatoms. The molecular formula is C11H18N2OS. The number of aliphatic hydroxyl groups is 1. The molecule has 0 atom stereocenters. The van der Waals surface area contributed by atoms with E-state index in [2.05, 4.69) is 17.2 Å². The molecule has 2 N–H and O–H groups in total. The van der Waals surface area contributed by atoms with E-state index in [0.29, 0.717) is 5.92 Å². The highest BCUT2D eigenvalue weighted by Crippen LogP contribution is 2.42. The van der Waals surface area contributed by atoms with Gasteiger partial charge in [-0.2, -0.15) is 0 Å². The highest BCUT2D eigenvalue weighted by molar-refractivity contribution is 7.11. The second kappa shape index (κ2) is 5.05. The first-order valence-corrected chi connectivity index (χ1v) is 6.46. The fourth-order valence-electron chi connectivity index (χ4n) is 1.66. The van der Waals surface area contributed by atoms with E-state index < -0.39 is 0 Å². The van der Waals surface area contributed by atoms with Crippen LogP contribution in [0.5, 0.6) is 0 Å². The van der Waals surface area contributed by atoms with E-state index >= 15 is 0 Å². The molecule has 0 saturated heterocycles. The Bertz CT molecular complexity index is 320. The first kappa shape index (κ1) is 11.0. The van der Waals surface area contributed by atoms with E-state index in [4.69, 9.17) is 5.11 Å². The fourth-order valence-corrected chi connectivity index (χ4v) is 2.65. The minimum absolute atomic E-state index is 0.0815. The maximum Gasteiger partial charge on any atom is 0.119 e. The van der Waals surface area contributed by atoms with E-state index in [0.717, 1.165) is 24.5 Å². The number of hydrogen-bond donors (Lipinski definition) is 2. The average Bonchev–Trinajstić information content (AvgIpc) is 3.01. The van der Waals surface area contributed by atoms with Crippen LogP contribution in [0.25, 0.3) is 0 Å².